The maximum atomic E-state index is 2.50. The van der Waals surface area contributed by atoms with Gasteiger partial charge in [0, 0.05) is 0 Å². The second-order valence-corrected chi connectivity index (χ2v) is 10.7. The van der Waals surface area contributed by atoms with E-state index in [0.717, 1.165) is 13.1 Å². The molecule has 0 saturated carbocycles. The predicted molar refractivity (Wildman–Crippen MR) is 154 cm³/mol. The molecule has 2 nitrogen and oxygen atoms in total. The van der Waals surface area contributed by atoms with Crippen LogP contribution in [0.15, 0.2) is 42.7 Å². The number of aryl methyl sites for hydroxylation is 2. The monoisotopic (exact) mass is 481 g/mol. The summed E-state index contributed by atoms with van der Waals surface area (Å²) >= 11 is 0. The minimum absolute atomic E-state index is 1.14. The van der Waals surface area contributed by atoms with E-state index in [1.807, 2.05) is 0 Å². The molecule has 0 unspecified atom stereocenters. The number of benzene rings is 1. The van der Waals surface area contributed by atoms with Crippen LogP contribution in [-0.4, -0.2) is 4.57 Å². The number of hydrogen-bond donors (Lipinski definition) is 0. The van der Waals surface area contributed by atoms with E-state index in [9.17, 15) is 0 Å². The van der Waals surface area contributed by atoms with Crippen LogP contribution in [0.2, 0.25) is 0 Å². The van der Waals surface area contributed by atoms with Gasteiger partial charge < -0.3 is 0 Å². The standard InChI is InChI=1S/C33H57N2/c1-3-5-7-9-10-11-12-13-14-15-16-17-18-20-25-29-35-31-30-34(28-24-19-8-6-4-2)33(35)32-26-22-21-23-27-32/h21-23,26-27,30-31H,3-20,24-25,28-29H2,1-2H3/q+1. The van der Waals surface area contributed by atoms with E-state index in [2.05, 4.69) is 65.7 Å². The molecule has 0 radical (unpaired) electrons. The zero-order chi connectivity index (χ0) is 24.8. The van der Waals surface area contributed by atoms with Gasteiger partial charge in [0.15, 0.2) is 0 Å². The van der Waals surface area contributed by atoms with Crippen molar-refractivity contribution in [3.63, 3.8) is 0 Å². The average Bonchev–Trinajstić information content (AvgIpc) is 3.29. The van der Waals surface area contributed by atoms with Gasteiger partial charge in [-0.3, -0.25) is 0 Å². The first-order chi connectivity index (χ1) is 17.4. The van der Waals surface area contributed by atoms with Gasteiger partial charge in [-0.2, -0.15) is 0 Å². The van der Waals surface area contributed by atoms with Gasteiger partial charge in [-0.05, 0) is 37.8 Å². The SMILES string of the molecule is CCCCCCCCCCCCCCCCCn1cc[n+](CCCCCCC)c1-c1ccccc1. The van der Waals surface area contributed by atoms with Crippen molar-refractivity contribution in [2.45, 2.75) is 155 Å². The van der Waals surface area contributed by atoms with Gasteiger partial charge in [0.25, 0.3) is 5.82 Å². The molecule has 2 aromatic rings. The van der Waals surface area contributed by atoms with Crippen LogP contribution in [-0.2, 0) is 13.1 Å². The van der Waals surface area contributed by atoms with E-state index in [4.69, 9.17) is 0 Å². The molecule has 0 aliphatic carbocycles. The highest BCUT2D eigenvalue weighted by Gasteiger charge is 2.18. The molecule has 0 saturated heterocycles. The molecular weight excluding hydrogens is 424 g/mol. The van der Waals surface area contributed by atoms with Gasteiger partial charge in [0.1, 0.15) is 12.4 Å². The molecule has 0 aliphatic heterocycles. The van der Waals surface area contributed by atoms with Crippen LogP contribution in [0.1, 0.15) is 142 Å². The van der Waals surface area contributed by atoms with Crippen molar-refractivity contribution in [1.82, 2.24) is 4.57 Å². The highest BCUT2D eigenvalue weighted by Crippen LogP contribution is 2.18. The molecule has 1 heterocycles. The van der Waals surface area contributed by atoms with Crippen LogP contribution >= 0.6 is 0 Å². The third kappa shape index (κ3) is 13.3. The fourth-order valence-corrected chi connectivity index (χ4v) is 5.29. The van der Waals surface area contributed by atoms with Gasteiger partial charge in [-0.1, -0.05) is 135 Å². The molecule has 0 aliphatic rings. The van der Waals surface area contributed by atoms with Crippen molar-refractivity contribution in [3.8, 4) is 11.4 Å². The first kappa shape index (κ1) is 29.7. The Hall–Kier alpha value is -1.57. The van der Waals surface area contributed by atoms with E-state index >= 15 is 0 Å². The minimum Gasteiger partial charge on any atom is -0.230 e. The first-order valence-corrected chi connectivity index (χ1v) is 15.5. The van der Waals surface area contributed by atoms with Gasteiger partial charge in [0.05, 0.1) is 18.7 Å². The lowest BCUT2D eigenvalue weighted by molar-refractivity contribution is -0.686. The Morgan fingerprint density at radius 1 is 0.543 bits per heavy atom. The van der Waals surface area contributed by atoms with Crippen molar-refractivity contribution in [2.75, 3.05) is 0 Å². The van der Waals surface area contributed by atoms with Gasteiger partial charge in [-0.25, -0.2) is 9.13 Å². The Labute approximate surface area is 218 Å². The van der Waals surface area contributed by atoms with E-state index in [-0.39, 0.29) is 0 Å². The van der Waals surface area contributed by atoms with Crippen LogP contribution in [0, 0.1) is 0 Å². The average molecular weight is 482 g/mol. The maximum Gasteiger partial charge on any atom is 0.288 e. The summed E-state index contributed by atoms with van der Waals surface area (Å²) in [7, 11) is 0. The third-order valence-electron chi connectivity index (χ3n) is 7.51. The van der Waals surface area contributed by atoms with Crippen LogP contribution < -0.4 is 4.57 Å². The highest BCUT2D eigenvalue weighted by atomic mass is 15.1. The Balaban J connectivity index is 1.59. The summed E-state index contributed by atoms with van der Waals surface area (Å²) < 4.78 is 5.00. The summed E-state index contributed by atoms with van der Waals surface area (Å²) in [6.07, 6.45) is 32.7. The topological polar surface area (TPSA) is 8.81 Å². The minimum atomic E-state index is 1.14. The lowest BCUT2D eigenvalue weighted by Gasteiger charge is -2.06. The third-order valence-corrected chi connectivity index (χ3v) is 7.51. The van der Waals surface area contributed by atoms with Crippen molar-refractivity contribution in [2.24, 2.45) is 0 Å². The van der Waals surface area contributed by atoms with E-state index in [1.54, 1.807) is 0 Å². The fourth-order valence-electron chi connectivity index (χ4n) is 5.29. The number of rotatable bonds is 23. The molecule has 1 aromatic carbocycles. The normalized spacial score (nSPS) is 11.4. The Kier molecular flexibility index (Phi) is 17.5. The summed E-state index contributed by atoms with van der Waals surface area (Å²) in [5.74, 6) is 1.39. The second-order valence-electron chi connectivity index (χ2n) is 10.7. The van der Waals surface area contributed by atoms with Crippen molar-refractivity contribution in [1.29, 1.82) is 0 Å². The number of hydrogen-bond acceptors (Lipinski definition) is 0. The second kappa shape index (κ2) is 20.6. The summed E-state index contributed by atoms with van der Waals surface area (Å²) in [4.78, 5) is 0. The van der Waals surface area contributed by atoms with E-state index in [1.165, 1.54) is 140 Å². The molecule has 0 spiro atoms. The Morgan fingerprint density at radius 2 is 1.00 bits per heavy atom. The predicted octanol–water partition coefficient (Wildman–Crippen LogP) is 10.3. The zero-order valence-electron chi connectivity index (χ0n) is 23.5. The molecule has 2 rings (SSSR count). The maximum absolute atomic E-state index is 2.50. The Morgan fingerprint density at radius 3 is 1.51 bits per heavy atom. The quantitative estimate of drug-likeness (QED) is 0.110. The Bertz CT molecular complexity index is 718. The fraction of sp³-hybridized carbons (Fsp3) is 0.727. The number of aromatic nitrogens is 2. The van der Waals surface area contributed by atoms with E-state index < -0.39 is 0 Å². The summed E-state index contributed by atoms with van der Waals surface area (Å²) in [5, 5.41) is 0. The summed E-state index contributed by atoms with van der Waals surface area (Å²) in [6.45, 7) is 6.88. The van der Waals surface area contributed by atoms with Gasteiger partial charge in [-0.15, -0.1) is 0 Å². The summed E-state index contributed by atoms with van der Waals surface area (Å²) in [5.41, 5.74) is 1.35. The molecule has 198 valence electrons. The molecule has 35 heavy (non-hydrogen) atoms. The van der Waals surface area contributed by atoms with Crippen LogP contribution in [0.25, 0.3) is 11.4 Å². The van der Waals surface area contributed by atoms with Gasteiger partial charge >= 0.3 is 0 Å². The number of unbranched alkanes of at least 4 members (excludes halogenated alkanes) is 18. The molecular formula is C33H57N2+. The van der Waals surface area contributed by atoms with Crippen LogP contribution in [0.4, 0.5) is 0 Å². The molecule has 2 heteroatoms. The molecule has 0 bridgehead atoms. The molecule has 0 fully saturated rings. The smallest absolute Gasteiger partial charge is 0.230 e. The molecule has 0 amide bonds. The molecule has 1 aromatic heterocycles. The van der Waals surface area contributed by atoms with Crippen molar-refractivity contribution in [3.05, 3.63) is 42.7 Å². The highest BCUT2D eigenvalue weighted by molar-refractivity contribution is 5.52. The lowest BCUT2D eigenvalue weighted by Crippen LogP contribution is -2.34. The molecule has 0 N–H and O–H groups in total. The van der Waals surface area contributed by atoms with Crippen molar-refractivity contribution < 1.29 is 4.57 Å². The largest absolute Gasteiger partial charge is 0.288 e. The van der Waals surface area contributed by atoms with Crippen LogP contribution in [0.3, 0.4) is 0 Å². The zero-order valence-corrected chi connectivity index (χ0v) is 23.5. The number of imidazole rings is 1. The lowest BCUT2D eigenvalue weighted by atomic mass is 10.0. The summed E-state index contributed by atoms with van der Waals surface area (Å²) in [6, 6.07) is 11.0. The van der Waals surface area contributed by atoms with E-state index in [0.29, 0.717) is 0 Å². The molecule has 0 atom stereocenters. The van der Waals surface area contributed by atoms with Crippen molar-refractivity contribution >= 4 is 0 Å². The number of nitrogens with zero attached hydrogens (tertiary/aromatic N) is 2. The van der Waals surface area contributed by atoms with Crippen LogP contribution in [0.5, 0.6) is 0 Å². The first-order valence-electron chi connectivity index (χ1n) is 15.5. The van der Waals surface area contributed by atoms with Gasteiger partial charge in [0.2, 0.25) is 0 Å².